The minimum Gasteiger partial charge on any atom is -0.319 e. The fourth-order valence-electron chi connectivity index (χ4n) is 2.36. The molecule has 0 aliphatic rings. The lowest BCUT2D eigenvalue weighted by atomic mass is 10.1. The third kappa shape index (κ3) is 4.30. The average Bonchev–Trinajstić information content (AvgIpc) is 2.49. The lowest BCUT2D eigenvalue weighted by Gasteiger charge is -2.25. The van der Waals surface area contributed by atoms with Crippen LogP contribution >= 0.6 is 0 Å². The summed E-state index contributed by atoms with van der Waals surface area (Å²) < 4.78 is 24.6. The maximum atomic E-state index is 11.7. The number of pyridine rings is 1. The molecular weight excluding hydrogens is 312 g/mol. The number of sulfone groups is 1. The smallest absolute Gasteiger partial charge is 0.250 e. The first kappa shape index (κ1) is 17.4. The van der Waals surface area contributed by atoms with E-state index < -0.39 is 9.84 Å². The highest BCUT2D eigenvalue weighted by atomic mass is 32.2. The van der Waals surface area contributed by atoms with E-state index in [1.54, 1.807) is 31.4 Å². The number of nitrogens with zero attached hydrogens (tertiary/aromatic N) is 2. The van der Waals surface area contributed by atoms with E-state index >= 15 is 0 Å². The van der Waals surface area contributed by atoms with E-state index in [2.05, 4.69) is 11.8 Å². The standard InChI is InChI=1S/C17H22N2O3S/c1-13(15-5-7-16(8-6-15)23(4,21)22)19(3)12-14-9-10-18(2)17(20)11-14/h5-11,13H,12H2,1-4H3. The quantitative estimate of drug-likeness (QED) is 0.839. The van der Waals surface area contributed by atoms with Crippen LogP contribution in [-0.4, -0.2) is 31.2 Å². The molecule has 6 heteroatoms. The van der Waals surface area contributed by atoms with Crippen LogP contribution in [0.5, 0.6) is 0 Å². The van der Waals surface area contributed by atoms with Gasteiger partial charge in [-0.25, -0.2) is 8.42 Å². The van der Waals surface area contributed by atoms with Gasteiger partial charge in [-0.3, -0.25) is 9.69 Å². The first-order chi connectivity index (χ1) is 10.7. The van der Waals surface area contributed by atoms with Gasteiger partial charge in [-0.15, -0.1) is 0 Å². The summed E-state index contributed by atoms with van der Waals surface area (Å²) in [7, 11) is 0.529. The Bertz CT molecular complexity index is 839. The molecular formula is C17H22N2O3S. The van der Waals surface area contributed by atoms with Gasteiger partial charge in [-0.1, -0.05) is 12.1 Å². The molecule has 0 bridgehead atoms. The highest BCUT2D eigenvalue weighted by Crippen LogP contribution is 2.22. The molecule has 0 amide bonds. The average molecular weight is 334 g/mol. The van der Waals surface area contributed by atoms with Gasteiger partial charge in [0, 0.05) is 38.2 Å². The Hall–Kier alpha value is -1.92. The molecule has 0 radical (unpaired) electrons. The van der Waals surface area contributed by atoms with Gasteiger partial charge in [-0.2, -0.15) is 0 Å². The fraction of sp³-hybridized carbons (Fsp3) is 0.353. The van der Waals surface area contributed by atoms with E-state index in [-0.39, 0.29) is 11.6 Å². The van der Waals surface area contributed by atoms with Crippen molar-refractivity contribution in [3.05, 3.63) is 64.1 Å². The second kappa shape index (κ2) is 6.68. The van der Waals surface area contributed by atoms with Crippen LogP contribution in [0.2, 0.25) is 0 Å². The molecule has 0 N–H and O–H groups in total. The molecule has 2 aromatic rings. The van der Waals surface area contributed by atoms with Crippen LogP contribution in [-0.2, 0) is 23.4 Å². The normalized spacial score (nSPS) is 13.3. The Morgan fingerprint density at radius 2 is 1.78 bits per heavy atom. The number of aryl methyl sites for hydroxylation is 1. The van der Waals surface area contributed by atoms with Gasteiger partial charge in [0.05, 0.1) is 4.90 Å². The second-order valence-electron chi connectivity index (χ2n) is 5.92. The summed E-state index contributed by atoms with van der Waals surface area (Å²) in [6, 6.07) is 10.6. The third-order valence-electron chi connectivity index (χ3n) is 4.05. The Morgan fingerprint density at radius 1 is 1.17 bits per heavy atom. The van der Waals surface area contributed by atoms with Crippen LogP contribution < -0.4 is 5.56 Å². The highest BCUT2D eigenvalue weighted by Gasteiger charge is 2.14. The molecule has 0 aliphatic carbocycles. The molecule has 0 aliphatic heterocycles. The first-order valence-corrected chi connectivity index (χ1v) is 9.23. The zero-order chi connectivity index (χ0) is 17.2. The minimum absolute atomic E-state index is 0.0268. The molecule has 5 nitrogen and oxygen atoms in total. The molecule has 1 atom stereocenters. The van der Waals surface area contributed by atoms with Crippen molar-refractivity contribution >= 4 is 9.84 Å². The van der Waals surface area contributed by atoms with Crippen molar-refractivity contribution in [3.63, 3.8) is 0 Å². The van der Waals surface area contributed by atoms with Crippen molar-refractivity contribution in [2.45, 2.75) is 24.4 Å². The Labute approximate surface area is 137 Å². The van der Waals surface area contributed by atoms with Crippen LogP contribution in [0, 0.1) is 0 Å². The van der Waals surface area contributed by atoms with Crippen molar-refractivity contribution in [1.29, 1.82) is 0 Å². The van der Waals surface area contributed by atoms with E-state index in [0.717, 1.165) is 11.1 Å². The maximum absolute atomic E-state index is 11.7. The van der Waals surface area contributed by atoms with Crippen LogP contribution in [0.25, 0.3) is 0 Å². The molecule has 0 spiro atoms. The predicted octanol–water partition coefficient (Wildman–Crippen LogP) is 1.98. The number of aromatic nitrogens is 1. The van der Waals surface area contributed by atoms with Crippen molar-refractivity contribution in [2.24, 2.45) is 7.05 Å². The Balaban J connectivity index is 2.14. The van der Waals surface area contributed by atoms with Crippen LogP contribution in [0.4, 0.5) is 0 Å². The molecule has 1 aromatic carbocycles. The lowest BCUT2D eigenvalue weighted by Crippen LogP contribution is -2.24. The summed E-state index contributed by atoms with van der Waals surface area (Å²) in [6.45, 7) is 2.70. The van der Waals surface area contributed by atoms with Crippen LogP contribution in [0.1, 0.15) is 24.1 Å². The second-order valence-corrected chi connectivity index (χ2v) is 7.93. The molecule has 1 unspecified atom stereocenters. The van der Waals surface area contributed by atoms with Crippen molar-refractivity contribution in [1.82, 2.24) is 9.47 Å². The highest BCUT2D eigenvalue weighted by molar-refractivity contribution is 7.90. The number of benzene rings is 1. The zero-order valence-electron chi connectivity index (χ0n) is 13.9. The minimum atomic E-state index is -3.17. The monoisotopic (exact) mass is 334 g/mol. The van der Waals surface area contributed by atoms with Crippen LogP contribution in [0.15, 0.2) is 52.3 Å². The first-order valence-electron chi connectivity index (χ1n) is 7.34. The zero-order valence-corrected chi connectivity index (χ0v) is 14.7. The van der Waals surface area contributed by atoms with Crippen molar-refractivity contribution in [2.75, 3.05) is 13.3 Å². The van der Waals surface area contributed by atoms with Gasteiger partial charge in [-0.05, 0) is 43.3 Å². The summed E-state index contributed by atoms with van der Waals surface area (Å²) in [5.74, 6) is 0. The Morgan fingerprint density at radius 3 is 2.30 bits per heavy atom. The predicted molar refractivity (Wildman–Crippen MR) is 91.1 cm³/mol. The number of rotatable bonds is 5. The van der Waals surface area contributed by atoms with E-state index in [0.29, 0.717) is 11.4 Å². The fourth-order valence-corrected chi connectivity index (χ4v) is 2.99. The molecule has 0 fully saturated rings. The van der Waals surface area contributed by atoms with Crippen LogP contribution in [0.3, 0.4) is 0 Å². The van der Waals surface area contributed by atoms with E-state index in [1.807, 2.05) is 25.2 Å². The van der Waals surface area contributed by atoms with Crippen molar-refractivity contribution < 1.29 is 8.42 Å². The van der Waals surface area contributed by atoms with E-state index in [1.165, 1.54) is 10.8 Å². The summed E-state index contributed by atoms with van der Waals surface area (Å²) in [4.78, 5) is 14.1. The largest absolute Gasteiger partial charge is 0.319 e. The number of hydrogen-bond donors (Lipinski definition) is 0. The Kier molecular flexibility index (Phi) is 5.06. The molecule has 0 saturated heterocycles. The van der Waals surface area contributed by atoms with Gasteiger partial charge in [0.1, 0.15) is 0 Å². The molecule has 0 saturated carbocycles. The third-order valence-corrected chi connectivity index (χ3v) is 5.18. The van der Waals surface area contributed by atoms with Gasteiger partial charge in [0.2, 0.25) is 0 Å². The van der Waals surface area contributed by atoms with Gasteiger partial charge < -0.3 is 4.57 Å². The lowest BCUT2D eigenvalue weighted by molar-refractivity contribution is 0.253. The molecule has 124 valence electrons. The summed E-state index contributed by atoms with van der Waals surface area (Å²) >= 11 is 0. The topological polar surface area (TPSA) is 59.4 Å². The van der Waals surface area contributed by atoms with Gasteiger partial charge in [0.15, 0.2) is 9.84 Å². The summed E-state index contributed by atoms with van der Waals surface area (Å²) in [6.07, 6.45) is 2.96. The SMILES string of the molecule is CC(c1ccc(S(C)(=O)=O)cc1)N(C)Cc1ccn(C)c(=O)c1. The maximum Gasteiger partial charge on any atom is 0.250 e. The summed E-state index contributed by atoms with van der Waals surface area (Å²) in [5.41, 5.74) is 1.96. The molecule has 1 aromatic heterocycles. The molecule has 2 rings (SSSR count). The van der Waals surface area contributed by atoms with Gasteiger partial charge in [0.25, 0.3) is 5.56 Å². The van der Waals surface area contributed by atoms with Crippen molar-refractivity contribution in [3.8, 4) is 0 Å². The van der Waals surface area contributed by atoms with Gasteiger partial charge >= 0.3 is 0 Å². The van der Waals surface area contributed by atoms with E-state index in [9.17, 15) is 13.2 Å². The molecule has 23 heavy (non-hydrogen) atoms. The number of hydrogen-bond acceptors (Lipinski definition) is 4. The van der Waals surface area contributed by atoms with E-state index in [4.69, 9.17) is 0 Å². The summed E-state index contributed by atoms with van der Waals surface area (Å²) in [5, 5.41) is 0. The molecule has 1 heterocycles.